The maximum absolute atomic E-state index is 11.8. The Labute approximate surface area is 297 Å². The van der Waals surface area contributed by atoms with Gasteiger partial charge >= 0.3 is 0 Å². The molecule has 18 heteroatoms. The number of hydrogen-bond acceptors (Lipinski definition) is 15. The highest BCUT2D eigenvalue weighted by atomic mass is 32.1. The van der Waals surface area contributed by atoms with Crippen molar-refractivity contribution in [2.24, 2.45) is 23.3 Å². The highest BCUT2D eigenvalue weighted by Crippen LogP contribution is 2.36. The lowest BCUT2D eigenvalue weighted by Crippen LogP contribution is -2.18. The Balaban J connectivity index is 0.000000209. The second-order valence-electron chi connectivity index (χ2n) is 11.5. The number of carbonyl (C=O) groups excluding carboxylic acids is 2. The van der Waals surface area contributed by atoms with Crippen LogP contribution in [-0.4, -0.2) is 65.4 Å². The van der Waals surface area contributed by atoms with Gasteiger partial charge in [-0.2, -0.15) is 8.75 Å². The highest BCUT2D eigenvalue weighted by molar-refractivity contribution is 7.11. The monoisotopic (exact) mass is 727 g/mol. The van der Waals surface area contributed by atoms with Crippen LogP contribution in [0.2, 0.25) is 0 Å². The van der Waals surface area contributed by atoms with Gasteiger partial charge in [-0.25, -0.2) is 15.0 Å². The van der Waals surface area contributed by atoms with Crippen molar-refractivity contribution >= 4 is 63.1 Å². The van der Waals surface area contributed by atoms with Crippen molar-refractivity contribution in [2.45, 2.75) is 64.2 Å². The number of nitrogens with one attached hydrogen (secondary N) is 2. The summed E-state index contributed by atoms with van der Waals surface area (Å²) in [5.41, 5.74) is 11.4. The van der Waals surface area contributed by atoms with E-state index in [9.17, 15) is 14.7 Å². The van der Waals surface area contributed by atoms with Gasteiger partial charge in [0.05, 0.1) is 13.2 Å². The largest absolute Gasteiger partial charge is 0.504 e. The van der Waals surface area contributed by atoms with Crippen LogP contribution in [0.25, 0.3) is 0 Å². The van der Waals surface area contributed by atoms with E-state index in [1.54, 1.807) is 24.5 Å². The summed E-state index contributed by atoms with van der Waals surface area (Å²) in [5.74, 6) is 0.974. The Hall–Kier alpha value is -5.10. The highest BCUT2D eigenvalue weighted by Gasteiger charge is 2.24. The zero-order chi connectivity index (χ0) is 35.7. The average Bonchev–Trinajstić information content (AvgIpc) is 3.73. The number of anilines is 4. The van der Waals surface area contributed by atoms with Gasteiger partial charge in [0.25, 0.3) is 18.3 Å². The number of nitrogens with zero attached hydrogens (tertiary/aromatic N) is 5. The molecule has 0 bridgehead atoms. The molecule has 50 heavy (non-hydrogen) atoms. The molecular formula is C32H41N9O7S2. The predicted octanol–water partition coefficient (Wildman–Crippen LogP) is 5.48. The van der Waals surface area contributed by atoms with Crippen LogP contribution in [-0.2, 0) is 4.79 Å². The summed E-state index contributed by atoms with van der Waals surface area (Å²) in [6.07, 6.45) is 16.9. The van der Waals surface area contributed by atoms with E-state index in [0.29, 0.717) is 46.9 Å². The van der Waals surface area contributed by atoms with Crippen molar-refractivity contribution in [3.63, 3.8) is 0 Å². The third-order valence-electron chi connectivity index (χ3n) is 7.98. The molecule has 2 saturated carbocycles. The molecule has 0 aliphatic heterocycles. The quantitative estimate of drug-likeness (QED) is 0.0989. The fourth-order valence-corrected chi connectivity index (χ4v) is 6.99. The average molecular weight is 728 g/mol. The van der Waals surface area contributed by atoms with Crippen molar-refractivity contribution in [3.8, 4) is 17.5 Å². The minimum absolute atomic E-state index is 0.0222. The summed E-state index contributed by atoms with van der Waals surface area (Å²) in [6, 6.07) is 4.83. The maximum atomic E-state index is 11.8. The number of nitrogens with two attached hydrogens (primary N) is 2. The zero-order valence-electron chi connectivity index (χ0n) is 27.3. The van der Waals surface area contributed by atoms with Gasteiger partial charge in [0, 0.05) is 18.6 Å². The van der Waals surface area contributed by atoms with E-state index in [-0.39, 0.29) is 35.0 Å². The third kappa shape index (κ3) is 11.2. The molecule has 0 saturated heterocycles. The van der Waals surface area contributed by atoms with Gasteiger partial charge in [0.1, 0.15) is 21.1 Å². The molecule has 0 spiro atoms. The second-order valence-corrected chi connectivity index (χ2v) is 13.1. The van der Waals surface area contributed by atoms with E-state index in [2.05, 4.69) is 34.3 Å². The standard InChI is InChI=1S/C16H20N4O3S.C15H19N5O2S.CH2O2/c17-13(22)12-15(23-9-10-5-2-1-3-6-10)20-24-16(12)19-14-11(21)7-4-8-18-14;16-12(21)11-13(22-9-10-5-2-1-3-6-10)20-23-14(11)19-15-17-7-4-8-18-15;2-1-3/h4,7-8,10,21H,1-3,5-6,9H2,(H2,17,22)(H,18,19);4,7-8,10H,1-3,5-6,9H2,(H2,16,21)(H,17,18,19);1H,(H,2,3). The minimum atomic E-state index is -0.625. The second kappa shape index (κ2) is 19.8. The molecule has 16 nitrogen and oxygen atoms in total. The lowest BCUT2D eigenvalue weighted by molar-refractivity contribution is -0.122. The minimum Gasteiger partial charge on any atom is -0.504 e. The molecular weight excluding hydrogens is 687 g/mol. The number of rotatable bonds is 12. The van der Waals surface area contributed by atoms with Gasteiger partial charge in [0.2, 0.25) is 17.7 Å². The normalized spacial score (nSPS) is 14.6. The molecule has 8 N–H and O–H groups in total. The van der Waals surface area contributed by atoms with Crippen molar-refractivity contribution in [2.75, 3.05) is 23.8 Å². The van der Waals surface area contributed by atoms with Crippen LogP contribution >= 0.6 is 23.1 Å². The van der Waals surface area contributed by atoms with Gasteiger partial charge in [-0.3, -0.25) is 14.4 Å². The van der Waals surface area contributed by atoms with Gasteiger partial charge in [-0.1, -0.05) is 38.5 Å². The van der Waals surface area contributed by atoms with Crippen molar-refractivity contribution in [3.05, 3.63) is 47.9 Å². The molecule has 2 aliphatic carbocycles. The number of carboxylic acid groups (broad SMARTS) is 1. The van der Waals surface area contributed by atoms with Gasteiger partial charge in [-0.15, -0.1) is 0 Å². The summed E-state index contributed by atoms with van der Waals surface area (Å²) >= 11 is 2.18. The van der Waals surface area contributed by atoms with Gasteiger partial charge in [-0.05, 0) is 78.8 Å². The van der Waals surface area contributed by atoms with Gasteiger partial charge < -0.3 is 41.8 Å². The Morgan fingerprint density at radius 1 is 0.780 bits per heavy atom. The maximum Gasteiger partial charge on any atom is 0.290 e. The molecule has 2 aliphatic rings. The number of primary amides is 2. The molecule has 0 radical (unpaired) electrons. The number of aromatic nitrogens is 5. The first-order valence-corrected chi connectivity index (χ1v) is 17.7. The van der Waals surface area contributed by atoms with E-state index >= 15 is 0 Å². The number of hydrogen-bond donors (Lipinski definition) is 6. The van der Waals surface area contributed by atoms with Crippen LogP contribution in [0.5, 0.6) is 17.5 Å². The summed E-state index contributed by atoms with van der Waals surface area (Å²) in [5, 5.41) is 23.5. The van der Waals surface area contributed by atoms with Crippen molar-refractivity contribution in [1.82, 2.24) is 23.7 Å². The van der Waals surface area contributed by atoms with E-state index in [1.807, 2.05) is 0 Å². The molecule has 0 unspecified atom stereocenters. The molecule has 268 valence electrons. The van der Waals surface area contributed by atoms with Crippen LogP contribution in [0.1, 0.15) is 84.9 Å². The fraction of sp³-hybridized carbons (Fsp3) is 0.438. The Morgan fingerprint density at radius 3 is 1.70 bits per heavy atom. The first-order valence-electron chi connectivity index (χ1n) is 16.2. The third-order valence-corrected chi connectivity index (χ3v) is 9.48. The lowest BCUT2D eigenvalue weighted by Gasteiger charge is -2.21. The van der Waals surface area contributed by atoms with Crippen LogP contribution in [0.3, 0.4) is 0 Å². The fourth-order valence-electron chi connectivity index (χ4n) is 5.52. The Kier molecular flexibility index (Phi) is 14.9. The van der Waals surface area contributed by atoms with Crippen molar-refractivity contribution < 1.29 is 34.1 Å². The van der Waals surface area contributed by atoms with E-state index in [4.69, 9.17) is 30.8 Å². The summed E-state index contributed by atoms with van der Waals surface area (Å²) in [4.78, 5) is 44.1. The summed E-state index contributed by atoms with van der Waals surface area (Å²) in [6.45, 7) is 0.865. The number of ether oxygens (including phenoxy) is 2. The molecule has 4 heterocycles. The van der Waals surface area contributed by atoms with Gasteiger partial charge in [0.15, 0.2) is 11.6 Å². The first-order chi connectivity index (χ1) is 24.3. The van der Waals surface area contributed by atoms with Crippen molar-refractivity contribution in [1.29, 1.82) is 0 Å². The molecule has 4 aromatic rings. The predicted molar refractivity (Wildman–Crippen MR) is 189 cm³/mol. The van der Waals surface area contributed by atoms with Crippen LogP contribution < -0.4 is 31.6 Å². The summed E-state index contributed by atoms with van der Waals surface area (Å²) < 4.78 is 19.9. The summed E-state index contributed by atoms with van der Waals surface area (Å²) in [7, 11) is 0. The molecule has 0 aromatic carbocycles. The molecule has 6 rings (SSSR count). The van der Waals surface area contributed by atoms with E-state index in [1.165, 1.54) is 63.6 Å². The van der Waals surface area contributed by atoms with Crippen LogP contribution in [0.4, 0.5) is 21.8 Å². The molecule has 2 amide bonds. The lowest BCUT2D eigenvalue weighted by atomic mass is 9.90. The Bertz CT molecular complexity index is 1660. The molecule has 2 fully saturated rings. The van der Waals surface area contributed by atoms with Crippen LogP contribution in [0.15, 0.2) is 36.8 Å². The van der Waals surface area contributed by atoms with E-state index < -0.39 is 11.8 Å². The number of amides is 2. The van der Waals surface area contributed by atoms with Crippen LogP contribution in [0, 0.1) is 11.8 Å². The topological polar surface area (TPSA) is 251 Å². The number of carbonyl (C=O) groups is 3. The molecule has 0 atom stereocenters. The Morgan fingerprint density at radius 2 is 1.24 bits per heavy atom. The molecule has 4 aromatic heterocycles. The van der Waals surface area contributed by atoms with E-state index in [0.717, 1.165) is 35.9 Å². The first kappa shape index (κ1) is 37.7. The number of aromatic hydroxyl groups is 1. The smallest absolute Gasteiger partial charge is 0.290 e. The SMILES string of the molecule is NC(=O)c1c(OCC2CCCCC2)nsc1Nc1ncccc1O.NC(=O)c1c(OCC2CCCCC2)nsc1Nc1ncccn1.O=CO. The zero-order valence-corrected chi connectivity index (χ0v) is 29.0. The number of pyridine rings is 1.